The van der Waals surface area contributed by atoms with E-state index >= 15 is 0 Å². The Morgan fingerprint density at radius 1 is 1.16 bits per heavy atom. The summed E-state index contributed by atoms with van der Waals surface area (Å²) in [5.41, 5.74) is 2.57. The lowest BCUT2D eigenvalue weighted by Crippen LogP contribution is -2.42. The van der Waals surface area contributed by atoms with Gasteiger partial charge in [-0.05, 0) is 56.5 Å². The molecule has 1 unspecified atom stereocenters. The number of aromatic amines is 2. The number of aromatic nitrogens is 4. The molecule has 0 saturated carbocycles. The van der Waals surface area contributed by atoms with Gasteiger partial charge in [0.2, 0.25) is 0 Å². The number of carbonyl (C=O) groups is 2. The Labute approximate surface area is 213 Å². The first-order chi connectivity index (χ1) is 18.0. The Bertz CT molecular complexity index is 1520. The number of nitrogens with one attached hydrogen (secondary N) is 2. The molecular formula is C27H29N5O5. The van der Waals surface area contributed by atoms with E-state index in [0.29, 0.717) is 71.8 Å². The predicted molar refractivity (Wildman–Crippen MR) is 138 cm³/mol. The number of imidazole rings is 1. The lowest BCUT2D eigenvalue weighted by atomic mass is 9.97. The lowest BCUT2D eigenvalue weighted by molar-refractivity contribution is -0.149. The first kappa shape index (κ1) is 24.5. The van der Waals surface area contributed by atoms with Gasteiger partial charge < -0.3 is 24.3 Å². The van der Waals surface area contributed by atoms with E-state index in [1.165, 1.54) is 0 Å². The Hall–Kier alpha value is -4.21. The number of hydrogen-bond donors (Lipinski definition) is 2. The number of nitrogens with zero attached hydrogens (tertiary/aromatic N) is 3. The number of carbonyl (C=O) groups excluding carboxylic acids is 2. The highest BCUT2D eigenvalue weighted by Crippen LogP contribution is 2.31. The van der Waals surface area contributed by atoms with Gasteiger partial charge in [0.05, 0.1) is 53.0 Å². The highest BCUT2D eigenvalue weighted by atomic mass is 16.5. The second-order valence-corrected chi connectivity index (χ2v) is 9.11. The molecule has 2 N–H and O–H groups in total. The number of H-pyrrole nitrogens is 2. The van der Waals surface area contributed by atoms with E-state index in [0.717, 1.165) is 18.4 Å². The van der Waals surface area contributed by atoms with Crippen molar-refractivity contribution in [3.63, 3.8) is 0 Å². The molecule has 2 aromatic heterocycles. The van der Waals surface area contributed by atoms with Crippen molar-refractivity contribution in [2.75, 3.05) is 26.3 Å². The quantitative estimate of drug-likeness (QED) is 0.368. The largest absolute Gasteiger partial charge is 0.493 e. The average molecular weight is 504 g/mol. The molecule has 192 valence electrons. The average Bonchev–Trinajstić information content (AvgIpc) is 3.38. The van der Waals surface area contributed by atoms with Gasteiger partial charge in [-0.2, -0.15) is 0 Å². The topological polar surface area (TPSA) is 130 Å². The molecule has 1 saturated heterocycles. The molecule has 1 amide bonds. The summed E-state index contributed by atoms with van der Waals surface area (Å²) in [6.07, 6.45) is 3.78. The van der Waals surface area contributed by atoms with Gasteiger partial charge in [-0.15, -0.1) is 0 Å². The van der Waals surface area contributed by atoms with Crippen LogP contribution in [-0.2, 0) is 9.53 Å². The maximum absolute atomic E-state index is 13.5. The molecular weight excluding hydrogens is 474 g/mol. The summed E-state index contributed by atoms with van der Waals surface area (Å²) in [6, 6.07) is 8.60. The number of rotatable bonds is 7. The first-order valence-corrected chi connectivity index (χ1v) is 12.6. The van der Waals surface area contributed by atoms with Gasteiger partial charge in [0.25, 0.3) is 11.5 Å². The zero-order valence-electron chi connectivity index (χ0n) is 20.9. The molecule has 0 radical (unpaired) electrons. The number of benzene rings is 2. The second-order valence-electron chi connectivity index (χ2n) is 9.11. The van der Waals surface area contributed by atoms with Crippen LogP contribution in [0.3, 0.4) is 0 Å². The number of piperidine rings is 1. The highest BCUT2D eigenvalue weighted by Gasteiger charge is 2.30. The fraction of sp³-hybridized carbons (Fsp3) is 0.370. The molecule has 1 aliphatic rings. The molecule has 0 aliphatic carbocycles. The van der Waals surface area contributed by atoms with Crippen LogP contribution in [0.5, 0.6) is 5.75 Å². The monoisotopic (exact) mass is 503 g/mol. The minimum Gasteiger partial charge on any atom is -0.493 e. The van der Waals surface area contributed by atoms with Crippen LogP contribution in [0.4, 0.5) is 0 Å². The summed E-state index contributed by atoms with van der Waals surface area (Å²) in [7, 11) is 0. The van der Waals surface area contributed by atoms with Crippen LogP contribution in [0.1, 0.15) is 43.5 Å². The van der Waals surface area contributed by atoms with Crippen molar-refractivity contribution in [3.05, 3.63) is 52.6 Å². The number of ether oxygens (including phenoxy) is 2. The number of esters is 1. The maximum Gasteiger partial charge on any atom is 0.310 e. The van der Waals surface area contributed by atoms with E-state index in [2.05, 4.69) is 15.0 Å². The maximum atomic E-state index is 13.5. The normalized spacial score (nSPS) is 15.7. The van der Waals surface area contributed by atoms with Gasteiger partial charge >= 0.3 is 5.97 Å². The molecule has 1 aliphatic heterocycles. The van der Waals surface area contributed by atoms with Gasteiger partial charge in [0.15, 0.2) is 0 Å². The molecule has 5 rings (SSSR count). The molecule has 10 heteroatoms. The zero-order valence-corrected chi connectivity index (χ0v) is 20.9. The molecule has 4 aromatic rings. The Kier molecular flexibility index (Phi) is 6.89. The molecule has 2 aromatic carbocycles. The molecule has 0 bridgehead atoms. The van der Waals surface area contributed by atoms with Crippen molar-refractivity contribution >= 4 is 33.8 Å². The van der Waals surface area contributed by atoms with E-state index in [9.17, 15) is 14.4 Å². The summed E-state index contributed by atoms with van der Waals surface area (Å²) in [6.45, 7) is 5.43. The van der Waals surface area contributed by atoms with Crippen LogP contribution in [0, 0.1) is 5.92 Å². The minimum absolute atomic E-state index is 0.196. The molecule has 3 heterocycles. The van der Waals surface area contributed by atoms with Crippen LogP contribution >= 0.6 is 0 Å². The van der Waals surface area contributed by atoms with E-state index in [4.69, 9.17) is 14.5 Å². The van der Waals surface area contributed by atoms with Crippen molar-refractivity contribution in [1.82, 2.24) is 24.8 Å². The van der Waals surface area contributed by atoms with E-state index < -0.39 is 0 Å². The SMILES string of the molecule is CCCOc1ccc(C(=O)N2CCCC(C(=O)OCC)C2)cc1-c1nc2cc3nc[nH]c3cc2c(=O)[nH]1. The third-order valence-corrected chi connectivity index (χ3v) is 6.52. The standard InChI is InChI=1S/C27H29N5O5/c1-3-10-37-23-8-7-16(26(34)32-9-5-6-17(14-32)27(35)36-4-2)11-19(23)24-30-20-13-22-21(28-15-29-22)12-18(20)25(33)31-24/h7-8,11-13,15,17H,3-6,9-10,14H2,1-2H3,(H,28,29)(H,30,31,33). The van der Waals surface area contributed by atoms with Crippen molar-refractivity contribution in [3.8, 4) is 17.1 Å². The van der Waals surface area contributed by atoms with Crippen molar-refractivity contribution in [2.45, 2.75) is 33.1 Å². The summed E-state index contributed by atoms with van der Waals surface area (Å²) in [5.74, 6) is 0.0225. The molecule has 37 heavy (non-hydrogen) atoms. The van der Waals surface area contributed by atoms with Gasteiger partial charge in [0, 0.05) is 18.7 Å². The fourth-order valence-electron chi connectivity index (χ4n) is 4.68. The zero-order chi connectivity index (χ0) is 25.9. The van der Waals surface area contributed by atoms with Crippen molar-refractivity contribution in [1.29, 1.82) is 0 Å². The highest BCUT2D eigenvalue weighted by molar-refractivity contribution is 5.97. The molecule has 10 nitrogen and oxygen atoms in total. The van der Waals surface area contributed by atoms with Crippen molar-refractivity contribution in [2.24, 2.45) is 5.92 Å². The molecule has 1 atom stereocenters. The lowest BCUT2D eigenvalue weighted by Gasteiger charge is -2.31. The van der Waals surface area contributed by atoms with Crippen LogP contribution in [0.2, 0.25) is 0 Å². The number of likely N-dealkylation sites (tertiary alicyclic amines) is 1. The summed E-state index contributed by atoms with van der Waals surface area (Å²) >= 11 is 0. The van der Waals surface area contributed by atoms with Gasteiger partial charge in [-0.3, -0.25) is 14.4 Å². The summed E-state index contributed by atoms with van der Waals surface area (Å²) < 4.78 is 11.1. The Morgan fingerprint density at radius 3 is 2.84 bits per heavy atom. The number of hydrogen-bond acceptors (Lipinski definition) is 7. The van der Waals surface area contributed by atoms with Crippen LogP contribution < -0.4 is 10.3 Å². The van der Waals surface area contributed by atoms with Crippen LogP contribution in [0.25, 0.3) is 33.3 Å². The number of amides is 1. The van der Waals surface area contributed by atoms with Gasteiger partial charge in [-0.25, -0.2) is 9.97 Å². The van der Waals surface area contributed by atoms with Gasteiger partial charge in [0.1, 0.15) is 11.6 Å². The summed E-state index contributed by atoms with van der Waals surface area (Å²) in [5, 5.41) is 0.432. The Morgan fingerprint density at radius 2 is 2.03 bits per heavy atom. The van der Waals surface area contributed by atoms with Crippen LogP contribution in [-0.4, -0.2) is 63.0 Å². The summed E-state index contributed by atoms with van der Waals surface area (Å²) in [4.78, 5) is 55.2. The van der Waals surface area contributed by atoms with Crippen LogP contribution in [0.15, 0.2) is 41.5 Å². The van der Waals surface area contributed by atoms with E-state index in [-0.39, 0.29) is 23.4 Å². The van der Waals surface area contributed by atoms with E-state index in [1.54, 1.807) is 48.5 Å². The third-order valence-electron chi connectivity index (χ3n) is 6.52. The minimum atomic E-state index is -0.332. The smallest absolute Gasteiger partial charge is 0.310 e. The van der Waals surface area contributed by atoms with Crippen molar-refractivity contribution < 1.29 is 19.1 Å². The second kappa shape index (κ2) is 10.4. The van der Waals surface area contributed by atoms with E-state index in [1.807, 2.05) is 6.92 Å². The third kappa shape index (κ3) is 4.91. The molecule has 0 spiro atoms. The first-order valence-electron chi connectivity index (χ1n) is 12.6. The predicted octanol–water partition coefficient (Wildman–Crippen LogP) is 3.67. The Balaban J connectivity index is 1.52. The fourth-order valence-corrected chi connectivity index (χ4v) is 4.68. The van der Waals surface area contributed by atoms with Gasteiger partial charge in [-0.1, -0.05) is 6.92 Å². The number of fused-ring (bicyclic) bond motifs is 2. The molecule has 1 fully saturated rings.